The number of nitrogens with zero attached hydrogens (tertiary/aromatic N) is 1. The van der Waals surface area contributed by atoms with Crippen molar-refractivity contribution in [3.63, 3.8) is 0 Å². The summed E-state index contributed by atoms with van der Waals surface area (Å²) in [5, 5.41) is 3.46. The third kappa shape index (κ3) is 4.48. The van der Waals surface area contributed by atoms with Gasteiger partial charge in [-0.15, -0.1) is 11.3 Å². The van der Waals surface area contributed by atoms with Gasteiger partial charge in [0.2, 0.25) is 0 Å². The van der Waals surface area contributed by atoms with Crippen LogP contribution in [0.4, 0.5) is 13.2 Å². The molecule has 0 fully saturated rings. The van der Waals surface area contributed by atoms with Gasteiger partial charge in [0, 0.05) is 12.3 Å². The summed E-state index contributed by atoms with van der Waals surface area (Å²) in [6.45, 7) is 4.72. The summed E-state index contributed by atoms with van der Waals surface area (Å²) in [5.74, 6) is 1.43. The molecule has 0 aromatic carbocycles. The normalized spacial score (nSPS) is 12.1. The van der Waals surface area contributed by atoms with Crippen molar-refractivity contribution >= 4 is 23.1 Å². The Kier molecular flexibility index (Phi) is 5.75. The minimum absolute atomic E-state index is 0.236. The lowest BCUT2D eigenvalue weighted by atomic mass is 10.3. The van der Waals surface area contributed by atoms with E-state index in [-0.39, 0.29) is 11.4 Å². The molecule has 0 amide bonds. The highest BCUT2D eigenvalue weighted by Crippen LogP contribution is 2.35. The van der Waals surface area contributed by atoms with Crippen LogP contribution in [0.3, 0.4) is 0 Å². The quantitative estimate of drug-likeness (QED) is 0.865. The zero-order chi connectivity index (χ0) is 12.9. The zero-order valence-corrected chi connectivity index (χ0v) is 11.4. The van der Waals surface area contributed by atoms with Gasteiger partial charge < -0.3 is 5.32 Å². The predicted molar refractivity (Wildman–Crippen MR) is 66.3 cm³/mol. The molecule has 1 aromatic rings. The van der Waals surface area contributed by atoms with Crippen LogP contribution in [-0.4, -0.2) is 17.3 Å². The van der Waals surface area contributed by atoms with Gasteiger partial charge in [-0.3, -0.25) is 0 Å². The minimum Gasteiger partial charge on any atom is -0.312 e. The standard InChI is InChI=1S/C10H15F3N2S2/c1-3-14-5-7-9(10(11,12)13)15-8(17-7)6-16-4-2/h14H,3-6H2,1-2H3. The molecule has 0 aliphatic carbocycles. The van der Waals surface area contributed by atoms with E-state index in [0.717, 1.165) is 17.1 Å². The average molecular weight is 284 g/mol. The van der Waals surface area contributed by atoms with Crippen molar-refractivity contribution in [3.05, 3.63) is 15.6 Å². The second-order valence-electron chi connectivity index (χ2n) is 3.29. The van der Waals surface area contributed by atoms with Gasteiger partial charge in [0.1, 0.15) is 5.01 Å². The van der Waals surface area contributed by atoms with Crippen LogP contribution in [0.25, 0.3) is 0 Å². The maximum absolute atomic E-state index is 12.7. The molecule has 1 N–H and O–H groups in total. The van der Waals surface area contributed by atoms with Crippen molar-refractivity contribution in [2.24, 2.45) is 0 Å². The van der Waals surface area contributed by atoms with Crippen LogP contribution in [0.5, 0.6) is 0 Å². The minimum atomic E-state index is -4.35. The maximum Gasteiger partial charge on any atom is 0.434 e. The lowest BCUT2D eigenvalue weighted by molar-refractivity contribution is -0.141. The molecule has 0 unspecified atom stereocenters. The summed E-state index contributed by atoms with van der Waals surface area (Å²) in [6.07, 6.45) is -4.35. The van der Waals surface area contributed by atoms with E-state index in [1.807, 2.05) is 13.8 Å². The van der Waals surface area contributed by atoms with Crippen LogP contribution >= 0.6 is 23.1 Å². The van der Waals surface area contributed by atoms with E-state index in [4.69, 9.17) is 0 Å². The Morgan fingerprint density at radius 1 is 1.35 bits per heavy atom. The molecular formula is C10H15F3N2S2. The molecule has 0 aliphatic rings. The van der Waals surface area contributed by atoms with Crippen molar-refractivity contribution < 1.29 is 13.2 Å². The lowest BCUT2D eigenvalue weighted by Crippen LogP contribution is -2.15. The van der Waals surface area contributed by atoms with Gasteiger partial charge in [0.05, 0.1) is 4.88 Å². The Hall–Kier alpha value is -0.270. The molecule has 2 nitrogen and oxygen atoms in total. The molecular weight excluding hydrogens is 269 g/mol. The number of thiazole rings is 1. The Bertz CT molecular complexity index is 350. The second kappa shape index (κ2) is 6.61. The fourth-order valence-electron chi connectivity index (χ4n) is 1.23. The van der Waals surface area contributed by atoms with Gasteiger partial charge in [-0.1, -0.05) is 13.8 Å². The number of alkyl halides is 3. The van der Waals surface area contributed by atoms with Gasteiger partial charge in [0.25, 0.3) is 0 Å². The molecule has 17 heavy (non-hydrogen) atoms. The van der Waals surface area contributed by atoms with Crippen LogP contribution in [0.1, 0.15) is 29.4 Å². The van der Waals surface area contributed by atoms with Crippen LogP contribution in [0, 0.1) is 0 Å². The summed E-state index contributed by atoms with van der Waals surface area (Å²) in [7, 11) is 0. The Labute approximate surface area is 107 Å². The van der Waals surface area contributed by atoms with E-state index in [1.54, 1.807) is 11.8 Å². The summed E-state index contributed by atoms with van der Waals surface area (Å²) < 4.78 is 38.2. The highest BCUT2D eigenvalue weighted by Gasteiger charge is 2.37. The highest BCUT2D eigenvalue weighted by molar-refractivity contribution is 7.98. The topological polar surface area (TPSA) is 24.9 Å². The predicted octanol–water partition coefficient (Wildman–Crippen LogP) is 3.52. The van der Waals surface area contributed by atoms with Crippen molar-refractivity contribution in [2.45, 2.75) is 32.3 Å². The summed E-state index contributed by atoms with van der Waals surface area (Å²) >= 11 is 2.73. The molecule has 0 saturated carbocycles. The van der Waals surface area contributed by atoms with Gasteiger partial charge in [0.15, 0.2) is 5.69 Å². The van der Waals surface area contributed by atoms with E-state index in [2.05, 4.69) is 10.3 Å². The Balaban J connectivity index is 2.87. The number of hydrogen-bond donors (Lipinski definition) is 1. The molecule has 0 spiro atoms. The first-order valence-corrected chi connectivity index (χ1v) is 7.30. The molecule has 0 radical (unpaired) electrons. The van der Waals surface area contributed by atoms with Crippen molar-refractivity contribution in [3.8, 4) is 0 Å². The van der Waals surface area contributed by atoms with E-state index < -0.39 is 11.9 Å². The molecule has 1 heterocycles. The second-order valence-corrected chi connectivity index (χ2v) is 5.74. The van der Waals surface area contributed by atoms with E-state index in [0.29, 0.717) is 17.3 Å². The smallest absolute Gasteiger partial charge is 0.312 e. The van der Waals surface area contributed by atoms with Crippen LogP contribution in [0.15, 0.2) is 0 Å². The molecule has 1 rings (SSSR count). The van der Waals surface area contributed by atoms with E-state index in [1.165, 1.54) is 0 Å². The molecule has 0 bridgehead atoms. The lowest BCUT2D eigenvalue weighted by Gasteiger charge is -2.05. The maximum atomic E-state index is 12.7. The molecule has 98 valence electrons. The summed E-state index contributed by atoms with van der Waals surface area (Å²) in [6, 6.07) is 0. The first-order chi connectivity index (χ1) is 7.99. The van der Waals surface area contributed by atoms with Gasteiger partial charge >= 0.3 is 6.18 Å². The van der Waals surface area contributed by atoms with Crippen molar-refractivity contribution in [2.75, 3.05) is 12.3 Å². The number of nitrogens with one attached hydrogen (secondary N) is 1. The van der Waals surface area contributed by atoms with Gasteiger partial charge in [-0.2, -0.15) is 24.9 Å². The van der Waals surface area contributed by atoms with Gasteiger partial charge in [-0.05, 0) is 12.3 Å². The molecule has 0 atom stereocenters. The average Bonchev–Trinajstić information content (AvgIpc) is 2.66. The Morgan fingerprint density at radius 3 is 2.59 bits per heavy atom. The van der Waals surface area contributed by atoms with Crippen LogP contribution < -0.4 is 5.32 Å². The third-order valence-corrected chi connectivity index (χ3v) is 4.10. The molecule has 0 aliphatic heterocycles. The number of hydrogen-bond acceptors (Lipinski definition) is 4. The molecule has 7 heteroatoms. The third-order valence-electron chi connectivity index (χ3n) is 1.98. The zero-order valence-electron chi connectivity index (χ0n) is 9.73. The monoisotopic (exact) mass is 284 g/mol. The number of thioether (sulfide) groups is 1. The highest BCUT2D eigenvalue weighted by atomic mass is 32.2. The van der Waals surface area contributed by atoms with Crippen molar-refractivity contribution in [1.82, 2.24) is 10.3 Å². The Morgan fingerprint density at radius 2 is 2.06 bits per heavy atom. The number of rotatable bonds is 6. The van der Waals surface area contributed by atoms with E-state index >= 15 is 0 Å². The van der Waals surface area contributed by atoms with E-state index in [9.17, 15) is 13.2 Å². The largest absolute Gasteiger partial charge is 0.434 e. The fourth-order valence-corrected chi connectivity index (χ4v) is 3.01. The SMILES string of the molecule is CCNCc1sc(CSCC)nc1C(F)(F)F. The first-order valence-electron chi connectivity index (χ1n) is 5.33. The van der Waals surface area contributed by atoms with Crippen LogP contribution in [-0.2, 0) is 18.5 Å². The summed E-state index contributed by atoms with van der Waals surface area (Å²) in [5.41, 5.74) is -0.727. The number of aromatic nitrogens is 1. The molecule has 0 saturated heterocycles. The van der Waals surface area contributed by atoms with Crippen molar-refractivity contribution in [1.29, 1.82) is 0 Å². The van der Waals surface area contributed by atoms with Gasteiger partial charge in [-0.25, -0.2) is 4.98 Å². The number of halogens is 3. The van der Waals surface area contributed by atoms with Crippen LogP contribution in [0.2, 0.25) is 0 Å². The molecule has 1 aromatic heterocycles. The summed E-state index contributed by atoms with van der Waals surface area (Å²) in [4.78, 5) is 3.99. The fraction of sp³-hybridized carbons (Fsp3) is 0.700. The first kappa shape index (κ1) is 14.8.